The fourth-order valence-electron chi connectivity index (χ4n) is 24.9. The molecule has 25 heteroatoms. The van der Waals surface area contributed by atoms with Crippen LogP contribution in [0.4, 0.5) is 75.4 Å². The minimum Gasteiger partial charge on any atom is -0.375 e. The van der Waals surface area contributed by atoms with Crippen LogP contribution >= 0.6 is 0 Å². The molecule has 16 saturated carbocycles. The monoisotopic (exact) mass is 1350 g/mol. The summed E-state index contributed by atoms with van der Waals surface area (Å²) in [6.45, 7) is 0. The van der Waals surface area contributed by atoms with Crippen LogP contribution in [-0.2, 0) is 0 Å². The normalized spacial score (nSPS) is 34.5. The molecule has 498 valence electrons. The van der Waals surface area contributed by atoms with Gasteiger partial charge in [-0.3, -0.25) is 9.97 Å². The van der Waals surface area contributed by atoms with E-state index in [1.807, 2.05) is 0 Å². The molecule has 4 aromatic carbocycles. The van der Waals surface area contributed by atoms with Crippen molar-refractivity contribution in [2.24, 2.45) is 71.0 Å². The molecular weight excluding hydrogens is 1290 g/mol. The van der Waals surface area contributed by atoms with Gasteiger partial charge in [-0.1, -0.05) is 15.0 Å². The molecule has 0 saturated heterocycles. The van der Waals surface area contributed by atoms with E-state index in [4.69, 9.17) is 0 Å². The summed E-state index contributed by atoms with van der Waals surface area (Å²) in [7, 11) is 0. The Bertz CT molecular complexity index is 4470. The molecule has 0 radical (unpaired) electrons. The Morgan fingerprint density at radius 3 is 0.670 bits per heavy atom. The smallest absolute Gasteiger partial charge is 0.375 e. The Balaban J connectivity index is 0.00000641. The van der Waals surface area contributed by atoms with Crippen molar-refractivity contribution in [3.63, 3.8) is 0 Å². The molecule has 25 rings (SSSR count). The van der Waals surface area contributed by atoms with Crippen LogP contribution in [0.3, 0.4) is 0 Å². The van der Waals surface area contributed by atoms with Gasteiger partial charge in [0.2, 0.25) is 0 Å². The number of hydrogen-bond acceptors (Lipinski definition) is 8. The van der Waals surface area contributed by atoms with Gasteiger partial charge < -0.3 is 31.2 Å². The zero-order valence-corrected chi connectivity index (χ0v) is 54.2. The van der Waals surface area contributed by atoms with Gasteiger partial charge in [0.1, 0.15) is 45.3 Å². The van der Waals surface area contributed by atoms with E-state index in [0.717, 1.165) is 77.0 Å². The largest absolute Gasteiger partial charge is 2.00 e. The van der Waals surface area contributed by atoms with Gasteiger partial charge in [-0.2, -0.15) is 0 Å². The molecule has 0 unspecified atom stereocenters. The van der Waals surface area contributed by atoms with E-state index in [-0.39, 0.29) is 94.1 Å². The second kappa shape index (κ2) is 20.3. The SMILES string of the molecule is Fc1c(F)c2c(c(F)c1NC13CC4CC(CC(C4)C1)C3)-c1nc3[n-]c(nc4[nH+]c(nc5[n-]c(nc-2[nH+]1)c1c(F)c(NC26CC7CC(CC(C7)C2)C6)c(F)c(F)c51)-c1c(F)c(NC25CC6CC(CC(C6)C2)C5)c(F)c(F)c1-4)c1c(F)c(NC24CC5CC(CC(C5)C2)C4)c(F)c(F)c31.[Mg+2]. The molecule has 18 aliphatic rings. The van der Waals surface area contributed by atoms with Gasteiger partial charge in [0.05, 0.1) is 21.7 Å². The van der Waals surface area contributed by atoms with Gasteiger partial charge in [-0.15, -0.1) is 0 Å². The quantitative estimate of drug-likeness (QED) is 0.0656. The van der Waals surface area contributed by atoms with Crippen molar-refractivity contribution < 1.29 is 62.7 Å². The zero-order valence-electron chi connectivity index (χ0n) is 52.8. The Labute approximate surface area is 563 Å². The number of halogens is 12. The molecule has 5 heterocycles. The van der Waals surface area contributed by atoms with E-state index >= 15 is 52.7 Å². The van der Waals surface area contributed by atoms with E-state index in [2.05, 4.69) is 61.1 Å². The molecule has 6 N–H and O–H groups in total. The van der Waals surface area contributed by atoms with Gasteiger partial charge in [-0.25, -0.2) is 57.7 Å². The van der Waals surface area contributed by atoms with Gasteiger partial charge in [0.25, 0.3) is 17.5 Å². The predicted octanol–water partition coefficient (Wildman–Crippen LogP) is 15.8. The maximum Gasteiger partial charge on any atom is 2.00 e. The molecule has 24 bridgehead atoms. The molecule has 7 aromatic rings. The summed E-state index contributed by atoms with van der Waals surface area (Å²) in [5.74, 6) is -19.5. The minimum absolute atomic E-state index is 0. The molecule has 97 heavy (non-hydrogen) atoms. The summed E-state index contributed by atoms with van der Waals surface area (Å²) in [6.07, 6.45) is 17.8. The number of anilines is 4. The van der Waals surface area contributed by atoms with Crippen molar-refractivity contribution in [1.82, 2.24) is 29.9 Å². The summed E-state index contributed by atoms with van der Waals surface area (Å²) in [6, 6.07) is 0. The third-order valence-corrected chi connectivity index (χ3v) is 26.6. The average Bonchev–Trinajstić information content (AvgIpc) is 1.57. The van der Waals surface area contributed by atoms with Gasteiger partial charge >= 0.3 is 23.1 Å². The number of hydrogen-bond donors (Lipinski definition) is 4. The molecule has 16 aliphatic carbocycles. The van der Waals surface area contributed by atoms with Crippen molar-refractivity contribution in [3.05, 3.63) is 69.8 Å². The second-order valence-corrected chi connectivity index (χ2v) is 33.2. The number of rotatable bonds is 8. The summed E-state index contributed by atoms with van der Waals surface area (Å²) in [4.78, 5) is 32.4. The molecule has 2 aliphatic heterocycles. The third-order valence-electron chi connectivity index (χ3n) is 26.6. The minimum atomic E-state index is -1.72. The van der Waals surface area contributed by atoms with Crippen LogP contribution in [0, 0.1) is 141 Å². The summed E-state index contributed by atoms with van der Waals surface area (Å²) in [5, 5.41) is 8.68. The van der Waals surface area contributed by atoms with Crippen LogP contribution in [0.1, 0.15) is 154 Å². The van der Waals surface area contributed by atoms with Gasteiger partial charge in [0, 0.05) is 33.2 Å². The first kappa shape index (κ1) is 60.3. The molecular formula is C72H66F12MgN12+2. The summed E-state index contributed by atoms with van der Waals surface area (Å²) < 4.78 is 214. The number of fused-ring (bicyclic) bond motifs is 20. The molecule has 12 nitrogen and oxygen atoms in total. The van der Waals surface area contributed by atoms with Crippen LogP contribution < -0.4 is 41.2 Å². The molecule has 0 atom stereocenters. The van der Waals surface area contributed by atoms with Crippen molar-refractivity contribution in [2.75, 3.05) is 21.3 Å². The summed E-state index contributed by atoms with van der Waals surface area (Å²) in [5.41, 5.74) is -14.1. The fourth-order valence-corrected chi connectivity index (χ4v) is 24.9. The number of aromatic amines is 2. The average molecular weight is 1350 g/mol. The van der Waals surface area contributed by atoms with Crippen molar-refractivity contribution >= 4 is 89.9 Å². The van der Waals surface area contributed by atoms with Crippen LogP contribution in [0.2, 0.25) is 0 Å². The maximum absolute atomic E-state index is 18.3. The van der Waals surface area contributed by atoms with Crippen molar-refractivity contribution in [1.29, 1.82) is 0 Å². The number of benzene rings is 4. The first-order chi connectivity index (χ1) is 46.1. The Hall–Kier alpha value is -6.63. The van der Waals surface area contributed by atoms with Crippen LogP contribution in [-0.4, -0.2) is 65.1 Å². The van der Waals surface area contributed by atoms with Crippen molar-refractivity contribution in [2.45, 2.75) is 176 Å². The zero-order chi connectivity index (χ0) is 64.9. The Morgan fingerprint density at radius 1 is 0.258 bits per heavy atom. The summed E-state index contributed by atoms with van der Waals surface area (Å²) >= 11 is 0. The number of H-pyrrole nitrogens is 2. The number of nitrogens with one attached hydrogen (secondary N) is 6. The van der Waals surface area contributed by atoms with E-state index in [1.54, 1.807) is 0 Å². The second-order valence-electron chi connectivity index (χ2n) is 33.2. The molecule has 0 amide bonds. The maximum atomic E-state index is 18.3. The van der Waals surface area contributed by atoms with Crippen LogP contribution in [0.25, 0.3) is 89.7 Å². The van der Waals surface area contributed by atoms with Crippen molar-refractivity contribution in [3.8, 4) is 45.6 Å². The first-order valence-corrected chi connectivity index (χ1v) is 34.9. The van der Waals surface area contributed by atoms with E-state index in [9.17, 15) is 0 Å². The molecule has 3 aromatic heterocycles. The predicted molar refractivity (Wildman–Crippen MR) is 335 cm³/mol. The van der Waals surface area contributed by atoms with E-state index in [1.165, 1.54) is 0 Å². The standard InChI is InChI=1S/C72H64F12N12.Mg/c73-45-37-41(49(77)57(53(45)81)93-69-13-25-1-26(14-69)3-27(2-25)15-69)65-85-61(37)90-66-43-39(47(75)55(83)59(51(43)79)95-71-19-31-7-32(20-71)9-33(8-31)21-71)63(87-66)92-68-44-40(48(76)56(84)60(52(44)80)96-72-22-34-10-35(23-72)12-36(11-34)24-72)64(88-68)91-67-42-38(62(86-67)89-65)46(74)54(82)58(50(42)78)94-70-16-28-4-29(17-70)6-30(5-28)18-70;/h25-36,93-96H,1-24H2;/q-2;+2/p+2. The van der Waals surface area contributed by atoms with E-state index < -0.39 is 204 Å². The molecule has 16 fully saturated rings. The third kappa shape index (κ3) is 8.62. The van der Waals surface area contributed by atoms with Crippen LogP contribution in [0.15, 0.2) is 0 Å². The Kier molecular flexibility index (Phi) is 12.6. The van der Waals surface area contributed by atoms with Gasteiger partial charge in [0.15, 0.2) is 86.7 Å². The molecule has 0 spiro atoms. The van der Waals surface area contributed by atoms with Gasteiger partial charge in [-0.05, 0) is 225 Å². The number of nitrogens with zero attached hydrogens (tertiary/aromatic N) is 6. The Morgan fingerprint density at radius 2 is 0.443 bits per heavy atom. The van der Waals surface area contributed by atoms with Crippen LogP contribution in [0.5, 0.6) is 0 Å². The topological polar surface area (TPSA) is 156 Å². The fraction of sp³-hybridized carbons (Fsp3) is 0.556. The first-order valence-electron chi connectivity index (χ1n) is 34.9. The van der Waals surface area contributed by atoms with E-state index in [0.29, 0.717) is 77.0 Å². The number of aromatic nitrogens is 8.